The minimum absolute atomic E-state index is 0.00638. The van der Waals surface area contributed by atoms with Crippen molar-refractivity contribution in [2.24, 2.45) is 0 Å². The average molecular weight is 637 g/mol. The number of esters is 1. The van der Waals surface area contributed by atoms with E-state index in [1.54, 1.807) is 7.11 Å². The number of aromatic hydroxyl groups is 1. The molecule has 5 heterocycles. The largest absolute Gasteiger partial charge is 0.504 e. The maximum Gasteiger partial charge on any atom is 0.308 e. The zero-order chi connectivity index (χ0) is 32.9. The minimum atomic E-state index is -0.561. The number of hydrogen-bond donors (Lipinski definition) is 1. The number of likely N-dealkylation sites (N-methyl/N-ethyl adjacent to an activating group) is 1. The molecule has 0 spiro atoms. The van der Waals surface area contributed by atoms with E-state index < -0.39 is 18.1 Å². The highest BCUT2D eigenvalue weighted by molar-refractivity contribution is 5.98. The third-order valence-corrected chi connectivity index (χ3v) is 10.8. The molecular weight excluding hydrogens is 600 g/mol. The summed E-state index contributed by atoms with van der Waals surface area (Å²) in [5, 5.41) is 22.7. The minimum Gasteiger partial charge on any atom is -0.504 e. The second-order valence-corrected chi connectivity index (χ2v) is 13.2. The van der Waals surface area contributed by atoms with Crippen LogP contribution in [0.2, 0.25) is 0 Å². The van der Waals surface area contributed by atoms with E-state index in [0.29, 0.717) is 53.5 Å². The van der Waals surface area contributed by atoms with Crippen LogP contribution in [0.3, 0.4) is 0 Å². The number of nitrogens with zero attached hydrogens (tertiary/aromatic N) is 4. The van der Waals surface area contributed by atoms with Gasteiger partial charge in [0, 0.05) is 59.9 Å². The van der Waals surface area contributed by atoms with Crippen LogP contribution < -0.4 is 18.9 Å². The number of ether oxygens (including phenoxy) is 4. The number of piperazine rings is 1. The highest BCUT2D eigenvalue weighted by Crippen LogP contribution is 2.58. The Labute approximate surface area is 272 Å². The number of rotatable bonds is 4. The molecule has 3 aromatic carbocycles. The molecule has 47 heavy (non-hydrogen) atoms. The Kier molecular flexibility index (Phi) is 6.69. The van der Waals surface area contributed by atoms with Crippen molar-refractivity contribution in [2.45, 2.75) is 70.4 Å². The number of methoxy groups -OCH3 is 1. The molecule has 5 aliphatic heterocycles. The van der Waals surface area contributed by atoms with Crippen molar-refractivity contribution in [3.05, 3.63) is 74.8 Å². The van der Waals surface area contributed by atoms with E-state index in [2.05, 4.69) is 21.9 Å². The molecule has 1 fully saturated rings. The van der Waals surface area contributed by atoms with Gasteiger partial charge >= 0.3 is 5.97 Å². The first kappa shape index (κ1) is 29.6. The summed E-state index contributed by atoms with van der Waals surface area (Å²) >= 11 is 0. The Morgan fingerprint density at radius 2 is 1.85 bits per heavy atom. The van der Waals surface area contributed by atoms with Gasteiger partial charge < -0.3 is 29.0 Å². The summed E-state index contributed by atoms with van der Waals surface area (Å²) in [6.45, 7) is 5.85. The van der Waals surface area contributed by atoms with Crippen molar-refractivity contribution in [1.29, 1.82) is 5.26 Å². The maximum atomic E-state index is 13.8. The Hall–Kier alpha value is -4.79. The van der Waals surface area contributed by atoms with E-state index in [1.165, 1.54) is 6.92 Å². The predicted octanol–water partition coefficient (Wildman–Crippen LogP) is 4.10. The second-order valence-electron chi connectivity index (χ2n) is 13.2. The maximum absolute atomic E-state index is 13.8. The lowest BCUT2D eigenvalue weighted by Gasteiger charge is -2.60. The van der Waals surface area contributed by atoms with Crippen molar-refractivity contribution in [1.82, 2.24) is 14.7 Å². The molecule has 0 aliphatic carbocycles. The van der Waals surface area contributed by atoms with Gasteiger partial charge in [-0.3, -0.25) is 19.4 Å². The lowest BCUT2D eigenvalue weighted by atomic mass is 9.71. The fourth-order valence-electron chi connectivity index (χ4n) is 8.96. The molecule has 11 heteroatoms. The normalized spacial score (nSPS) is 25.4. The highest BCUT2D eigenvalue weighted by atomic mass is 16.7. The van der Waals surface area contributed by atoms with Gasteiger partial charge in [-0.1, -0.05) is 24.3 Å². The van der Waals surface area contributed by atoms with Gasteiger partial charge in [0.15, 0.2) is 23.0 Å². The van der Waals surface area contributed by atoms with Gasteiger partial charge in [-0.15, -0.1) is 0 Å². The van der Waals surface area contributed by atoms with Gasteiger partial charge in [0.2, 0.25) is 6.79 Å². The standard InChI is InChI=1S/C36H36N4O7/c1-17-10-21-11-24-26(13-37)40-25(30(38(24)4)28(21)31(42)32(17)44-5)12-23-29(35-34(45-16-46-35)18(2)33(23)47-19(3)41)27(40)15-39-14-20-8-6-7-9-22(20)36(39)43/h6-10,24-27,30,42H,11-12,14-16H2,1-5H3/t24-,25-,26-,27-,30-/m0/s1. The molecule has 0 radical (unpaired) electrons. The third-order valence-electron chi connectivity index (χ3n) is 10.8. The molecule has 0 unspecified atom stereocenters. The van der Waals surface area contributed by atoms with Crippen LogP contribution in [-0.2, 0) is 24.2 Å². The molecule has 1 saturated heterocycles. The Bertz CT molecular complexity index is 1920. The summed E-state index contributed by atoms with van der Waals surface area (Å²) in [5.74, 6) is 1.47. The van der Waals surface area contributed by atoms with E-state index >= 15 is 0 Å². The van der Waals surface area contributed by atoms with Crippen molar-refractivity contribution in [2.75, 3.05) is 27.5 Å². The summed E-state index contributed by atoms with van der Waals surface area (Å²) in [7, 11) is 3.56. The molecule has 8 rings (SSSR count). The van der Waals surface area contributed by atoms with Crippen LogP contribution in [-0.4, -0.2) is 77.3 Å². The molecule has 2 bridgehead atoms. The van der Waals surface area contributed by atoms with E-state index in [-0.39, 0.29) is 43.1 Å². The summed E-state index contributed by atoms with van der Waals surface area (Å²) in [6, 6.07) is 10.4. The van der Waals surface area contributed by atoms with Gasteiger partial charge in [0.1, 0.15) is 11.8 Å². The number of phenolic OH excluding ortho intramolecular Hbond substituents is 1. The number of carbonyl (C=O) groups is 2. The van der Waals surface area contributed by atoms with Crippen LogP contribution in [0.15, 0.2) is 30.3 Å². The smallest absolute Gasteiger partial charge is 0.308 e. The van der Waals surface area contributed by atoms with Crippen LogP contribution in [0, 0.1) is 25.2 Å². The molecular formula is C36H36N4O7. The first-order valence-electron chi connectivity index (χ1n) is 15.9. The van der Waals surface area contributed by atoms with Crippen molar-refractivity contribution >= 4 is 11.9 Å². The predicted molar refractivity (Wildman–Crippen MR) is 169 cm³/mol. The van der Waals surface area contributed by atoms with E-state index in [0.717, 1.165) is 33.4 Å². The highest BCUT2D eigenvalue weighted by Gasteiger charge is 2.57. The van der Waals surface area contributed by atoms with E-state index in [1.807, 2.05) is 50.1 Å². The van der Waals surface area contributed by atoms with Crippen LogP contribution in [0.25, 0.3) is 0 Å². The molecule has 5 aliphatic rings. The summed E-state index contributed by atoms with van der Waals surface area (Å²) in [5.41, 5.74) is 6.43. The van der Waals surface area contributed by atoms with Crippen LogP contribution in [0.1, 0.15) is 68.3 Å². The summed E-state index contributed by atoms with van der Waals surface area (Å²) in [6.07, 6.45) is 0.954. The van der Waals surface area contributed by atoms with Gasteiger partial charge in [0.05, 0.1) is 25.3 Å². The number of carbonyl (C=O) groups excluding carboxylic acids is 2. The Morgan fingerprint density at radius 1 is 1.09 bits per heavy atom. The van der Waals surface area contributed by atoms with Crippen LogP contribution in [0.4, 0.5) is 0 Å². The number of hydrogen-bond acceptors (Lipinski definition) is 10. The molecule has 5 atom stereocenters. The molecule has 0 saturated carbocycles. The summed E-state index contributed by atoms with van der Waals surface area (Å²) in [4.78, 5) is 32.6. The monoisotopic (exact) mass is 636 g/mol. The van der Waals surface area contributed by atoms with Crippen LogP contribution >= 0.6 is 0 Å². The van der Waals surface area contributed by atoms with Gasteiger partial charge in [-0.05, 0) is 56.5 Å². The van der Waals surface area contributed by atoms with Crippen molar-refractivity contribution < 1.29 is 33.6 Å². The molecule has 1 amide bonds. The summed E-state index contributed by atoms with van der Waals surface area (Å²) < 4.78 is 23.7. The SMILES string of the molecule is COc1c(C)cc2c(c1O)[C@@H]1[C@@H]3Cc4c(OC(C)=O)c(C)c5c(c4[C@H](CN4Cc6ccccc6C4=O)N3[C@@H](C#N)[C@H](C2)N1C)OCO5. The second kappa shape index (κ2) is 10.6. The fourth-order valence-corrected chi connectivity index (χ4v) is 8.96. The number of nitriles is 1. The number of benzene rings is 3. The van der Waals surface area contributed by atoms with E-state index in [4.69, 9.17) is 18.9 Å². The third kappa shape index (κ3) is 4.11. The average Bonchev–Trinajstić information content (AvgIpc) is 3.65. The number of amides is 1. The molecule has 1 N–H and O–H groups in total. The first-order chi connectivity index (χ1) is 22.6. The number of aryl methyl sites for hydroxylation is 1. The first-order valence-corrected chi connectivity index (χ1v) is 15.9. The lowest BCUT2D eigenvalue weighted by molar-refractivity contribution is -0.132. The molecule has 242 valence electrons. The lowest BCUT2D eigenvalue weighted by Crippen LogP contribution is -2.68. The van der Waals surface area contributed by atoms with Crippen LogP contribution in [0.5, 0.6) is 28.7 Å². The Balaban J connectivity index is 1.36. The van der Waals surface area contributed by atoms with Gasteiger partial charge in [-0.25, -0.2) is 0 Å². The zero-order valence-electron chi connectivity index (χ0n) is 27.0. The van der Waals surface area contributed by atoms with Gasteiger partial charge in [-0.2, -0.15) is 5.26 Å². The molecule has 3 aromatic rings. The van der Waals surface area contributed by atoms with Crippen molar-refractivity contribution in [3.8, 4) is 34.8 Å². The number of fused-ring (bicyclic) bond motifs is 10. The topological polar surface area (TPSA) is 125 Å². The van der Waals surface area contributed by atoms with E-state index in [9.17, 15) is 20.0 Å². The number of phenols is 1. The molecule has 0 aromatic heterocycles. The zero-order valence-corrected chi connectivity index (χ0v) is 27.0. The quantitative estimate of drug-likeness (QED) is 0.331. The Morgan fingerprint density at radius 3 is 2.57 bits per heavy atom. The molecule has 11 nitrogen and oxygen atoms in total. The van der Waals surface area contributed by atoms with Gasteiger partial charge in [0.25, 0.3) is 5.91 Å². The van der Waals surface area contributed by atoms with Crippen molar-refractivity contribution in [3.63, 3.8) is 0 Å². The fraction of sp³-hybridized carbons (Fsp3) is 0.417.